The molecule has 3 rings (SSSR count). The Labute approximate surface area is 165 Å². The Balaban J connectivity index is 1.41. The van der Waals surface area contributed by atoms with Crippen molar-refractivity contribution >= 4 is 29.6 Å². The molecule has 1 heterocycles. The van der Waals surface area contributed by atoms with E-state index in [1.165, 1.54) is 31.2 Å². The number of benzene rings is 1. The van der Waals surface area contributed by atoms with Crippen molar-refractivity contribution in [1.82, 2.24) is 25.7 Å². The van der Waals surface area contributed by atoms with Crippen molar-refractivity contribution in [3.05, 3.63) is 53.9 Å². The third-order valence-electron chi connectivity index (χ3n) is 4.77. The molecule has 1 aliphatic rings. The summed E-state index contributed by atoms with van der Waals surface area (Å²) in [5, 5.41) is 16.3. The number of hydrogen-bond acceptors (Lipinski definition) is 4. The second kappa shape index (κ2) is 9.97. The summed E-state index contributed by atoms with van der Waals surface area (Å²) < 4.78 is 1.81. The molecule has 1 aromatic heterocycles. The lowest BCUT2D eigenvalue weighted by atomic mass is 9.86. The smallest absolute Gasteiger partial charge is 0.187 e. The van der Waals surface area contributed by atoms with Crippen LogP contribution >= 0.6 is 12.2 Å². The van der Waals surface area contributed by atoms with Crippen LogP contribution < -0.4 is 10.7 Å². The quantitative estimate of drug-likeness (QED) is 0.455. The van der Waals surface area contributed by atoms with Gasteiger partial charge in [0.1, 0.15) is 5.69 Å². The molecule has 1 fully saturated rings. The van der Waals surface area contributed by atoms with Crippen LogP contribution in [0.4, 0.5) is 0 Å². The van der Waals surface area contributed by atoms with E-state index in [1.807, 2.05) is 41.2 Å². The van der Waals surface area contributed by atoms with Crippen LogP contribution in [0.2, 0.25) is 0 Å². The molecule has 1 saturated carbocycles. The maximum Gasteiger partial charge on any atom is 0.187 e. The number of thiocarbonyl (C=S) groups is 1. The topological polar surface area (TPSA) is 67.1 Å². The van der Waals surface area contributed by atoms with Gasteiger partial charge in [0.15, 0.2) is 5.11 Å². The van der Waals surface area contributed by atoms with Gasteiger partial charge < -0.3 is 5.32 Å². The zero-order valence-corrected chi connectivity index (χ0v) is 16.4. The minimum atomic E-state index is 0.448. The molecule has 142 valence electrons. The van der Waals surface area contributed by atoms with Crippen LogP contribution in [0.3, 0.4) is 0 Å². The van der Waals surface area contributed by atoms with Gasteiger partial charge in [0.25, 0.3) is 0 Å². The van der Waals surface area contributed by atoms with E-state index in [2.05, 4.69) is 45.2 Å². The molecular formula is C20H26N6S. The lowest BCUT2D eigenvalue weighted by molar-refractivity contribution is 0.308. The van der Waals surface area contributed by atoms with Gasteiger partial charge in [-0.25, -0.2) is 4.68 Å². The largest absolute Gasteiger partial charge is 0.358 e. The summed E-state index contributed by atoms with van der Waals surface area (Å²) in [6.45, 7) is 2.98. The molecule has 2 aromatic rings. The Bertz CT molecular complexity index is 783. The molecule has 0 spiro atoms. The first-order valence-electron chi connectivity index (χ1n) is 9.41. The molecule has 7 heteroatoms. The van der Waals surface area contributed by atoms with E-state index in [1.54, 1.807) is 6.21 Å². The van der Waals surface area contributed by atoms with Gasteiger partial charge in [0.2, 0.25) is 0 Å². The van der Waals surface area contributed by atoms with Crippen LogP contribution in [0.15, 0.2) is 47.7 Å². The summed E-state index contributed by atoms with van der Waals surface area (Å²) >= 11 is 5.31. The third-order valence-corrected chi connectivity index (χ3v) is 4.97. The minimum absolute atomic E-state index is 0.448. The maximum absolute atomic E-state index is 5.31. The van der Waals surface area contributed by atoms with Crippen molar-refractivity contribution in [3.8, 4) is 0 Å². The molecular weight excluding hydrogens is 356 g/mol. The van der Waals surface area contributed by atoms with Crippen LogP contribution in [0, 0.1) is 5.92 Å². The second-order valence-electron chi connectivity index (χ2n) is 6.92. The maximum atomic E-state index is 5.31. The van der Waals surface area contributed by atoms with Crippen molar-refractivity contribution in [2.45, 2.75) is 45.2 Å². The van der Waals surface area contributed by atoms with Crippen LogP contribution in [0.5, 0.6) is 0 Å². The van der Waals surface area contributed by atoms with Crippen molar-refractivity contribution in [2.75, 3.05) is 0 Å². The van der Waals surface area contributed by atoms with E-state index >= 15 is 0 Å². The predicted molar refractivity (Wildman–Crippen MR) is 113 cm³/mol. The Morgan fingerprint density at radius 1 is 1.30 bits per heavy atom. The van der Waals surface area contributed by atoms with Gasteiger partial charge in [-0.3, -0.25) is 5.43 Å². The van der Waals surface area contributed by atoms with Crippen LogP contribution in [0.1, 0.15) is 43.9 Å². The number of hydrazone groups is 1. The fourth-order valence-electron chi connectivity index (χ4n) is 3.25. The molecule has 0 bridgehead atoms. The van der Waals surface area contributed by atoms with Crippen molar-refractivity contribution in [2.24, 2.45) is 11.0 Å². The first-order valence-corrected chi connectivity index (χ1v) is 9.82. The van der Waals surface area contributed by atoms with Gasteiger partial charge in [0, 0.05) is 12.3 Å². The van der Waals surface area contributed by atoms with E-state index in [0.717, 1.165) is 5.69 Å². The molecule has 0 unspecified atom stereocenters. The summed E-state index contributed by atoms with van der Waals surface area (Å²) in [6, 6.07) is 10.6. The monoisotopic (exact) mass is 382 g/mol. The zero-order chi connectivity index (χ0) is 18.9. The van der Waals surface area contributed by atoms with Crippen molar-refractivity contribution < 1.29 is 0 Å². The molecule has 0 amide bonds. The minimum Gasteiger partial charge on any atom is -0.358 e. The molecule has 27 heavy (non-hydrogen) atoms. The molecule has 0 radical (unpaired) electrons. The number of rotatable bonds is 6. The van der Waals surface area contributed by atoms with E-state index in [4.69, 9.17) is 12.2 Å². The number of aromatic nitrogens is 3. The highest BCUT2D eigenvalue weighted by Crippen LogP contribution is 2.23. The highest BCUT2D eigenvalue weighted by molar-refractivity contribution is 7.80. The normalized spacial score (nSPS) is 20.2. The SMILES string of the molecule is C[C@@H]1CCCC[C@@H]1NC(=S)N/N=C\C=C\c1cn(Cc2ccccc2)nn1. The van der Waals surface area contributed by atoms with E-state index < -0.39 is 0 Å². The average Bonchev–Trinajstić information content (AvgIpc) is 3.11. The summed E-state index contributed by atoms with van der Waals surface area (Å²) in [6.07, 6.45) is 12.3. The number of allylic oxidation sites excluding steroid dienone is 1. The Kier molecular flexibility index (Phi) is 7.10. The predicted octanol–water partition coefficient (Wildman–Crippen LogP) is 3.37. The molecule has 6 nitrogen and oxygen atoms in total. The second-order valence-corrected chi connectivity index (χ2v) is 7.33. The molecule has 0 aliphatic heterocycles. The highest BCUT2D eigenvalue weighted by atomic mass is 32.1. The van der Waals surface area contributed by atoms with E-state index in [-0.39, 0.29) is 0 Å². The highest BCUT2D eigenvalue weighted by Gasteiger charge is 2.21. The molecule has 1 aromatic carbocycles. The lowest BCUT2D eigenvalue weighted by Crippen LogP contribution is -2.44. The standard InChI is InChI=1S/C20H26N6S/c1-16-8-5-6-12-19(16)22-20(27)24-21-13-7-11-18-15-26(25-23-18)14-17-9-3-2-4-10-17/h2-4,7,9-11,13,15-16,19H,5-6,8,12,14H2,1H3,(H2,22,24,27)/b11-7+,21-13-/t16-,19+/m1/s1. The third kappa shape index (κ3) is 6.29. The molecule has 2 atom stereocenters. The van der Waals surface area contributed by atoms with Crippen LogP contribution in [-0.2, 0) is 6.54 Å². The number of nitrogens with zero attached hydrogens (tertiary/aromatic N) is 4. The van der Waals surface area contributed by atoms with Gasteiger partial charge in [-0.15, -0.1) is 5.10 Å². The van der Waals surface area contributed by atoms with Gasteiger partial charge in [-0.2, -0.15) is 5.10 Å². The lowest BCUT2D eigenvalue weighted by Gasteiger charge is -2.30. The van der Waals surface area contributed by atoms with Crippen molar-refractivity contribution in [3.63, 3.8) is 0 Å². The fourth-order valence-corrected chi connectivity index (χ4v) is 3.45. The summed E-state index contributed by atoms with van der Waals surface area (Å²) in [5.41, 5.74) is 4.85. The Morgan fingerprint density at radius 3 is 2.93 bits per heavy atom. The van der Waals surface area contributed by atoms with Gasteiger partial charge in [-0.05, 0) is 48.7 Å². The van der Waals surface area contributed by atoms with E-state index in [9.17, 15) is 0 Å². The average molecular weight is 383 g/mol. The van der Waals surface area contributed by atoms with Crippen molar-refractivity contribution in [1.29, 1.82) is 0 Å². The van der Waals surface area contributed by atoms with Gasteiger partial charge >= 0.3 is 0 Å². The zero-order valence-electron chi connectivity index (χ0n) is 15.6. The van der Waals surface area contributed by atoms with E-state index in [0.29, 0.717) is 23.6 Å². The fraction of sp³-hybridized carbons (Fsp3) is 0.400. The van der Waals surface area contributed by atoms with Crippen LogP contribution in [-0.4, -0.2) is 32.4 Å². The van der Waals surface area contributed by atoms with Crippen LogP contribution in [0.25, 0.3) is 6.08 Å². The summed E-state index contributed by atoms with van der Waals surface area (Å²) in [7, 11) is 0. The summed E-state index contributed by atoms with van der Waals surface area (Å²) in [4.78, 5) is 0. The molecule has 2 N–H and O–H groups in total. The van der Waals surface area contributed by atoms with Gasteiger partial charge in [0.05, 0.1) is 12.7 Å². The van der Waals surface area contributed by atoms with Gasteiger partial charge in [-0.1, -0.05) is 55.3 Å². The first-order chi connectivity index (χ1) is 13.2. The number of hydrogen-bond donors (Lipinski definition) is 2. The first kappa shape index (κ1) is 19.2. The Hall–Kier alpha value is -2.54. The summed E-state index contributed by atoms with van der Waals surface area (Å²) in [5.74, 6) is 0.654. The Morgan fingerprint density at radius 2 is 2.11 bits per heavy atom. The molecule has 0 saturated heterocycles. The molecule has 1 aliphatic carbocycles. The number of nitrogens with one attached hydrogen (secondary N) is 2.